The zero-order chi connectivity index (χ0) is 20.1. The van der Waals surface area contributed by atoms with Crippen molar-refractivity contribution in [2.45, 2.75) is 0 Å². The fourth-order valence-electron chi connectivity index (χ4n) is 2.98. The molecule has 3 aromatic carbocycles. The summed E-state index contributed by atoms with van der Waals surface area (Å²) in [7, 11) is 0. The van der Waals surface area contributed by atoms with E-state index < -0.39 is 0 Å². The van der Waals surface area contributed by atoms with Gasteiger partial charge in [-0.15, -0.1) is 0 Å². The number of anilines is 1. The summed E-state index contributed by atoms with van der Waals surface area (Å²) in [4.78, 5) is 12.1. The molecule has 0 saturated carbocycles. The first kappa shape index (κ1) is 18.8. The summed E-state index contributed by atoms with van der Waals surface area (Å²) >= 11 is 6.00. The van der Waals surface area contributed by atoms with Crippen LogP contribution in [0, 0.1) is 0 Å². The van der Waals surface area contributed by atoms with E-state index in [0.29, 0.717) is 16.5 Å². The van der Waals surface area contributed by atoms with E-state index >= 15 is 0 Å². The fourth-order valence-corrected chi connectivity index (χ4v) is 3.17. The Morgan fingerprint density at radius 2 is 1.83 bits per heavy atom. The van der Waals surface area contributed by atoms with Gasteiger partial charge >= 0.3 is 0 Å². The van der Waals surface area contributed by atoms with Gasteiger partial charge in [-0.3, -0.25) is 4.79 Å². The van der Waals surface area contributed by atoms with Crippen molar-refractivity contribution < 1.29 is 9.21 Å². The van der Waals surface area contributed by atoms with Crippen LogP contribution in [-0.2, 0) is 4.79 Å². The number of rotatable bonds is 6. The van der Waals surface area contributed by atoms with E-state index in [9.17, 15) is 4.79 Å². The highest BCUT2D eigenvalue weighted by molar-refractivity contribution is 6.30. The van der Waals surface area contributed by atoms with E-state index in [1.165, 1.54) is 6.21 Å². The molecule has 0 saturated heterocycles. The largest absolute Gasteiger partial charge is 0.455 e. The van der Waals surface area contributed by atoms with Crippen LogP contribution in [0.3, 0.4) is 0 Å². The molecule has 0 fully saturated rings. The second-order valence-electron chi connectivity index (χ2n) is 6.39. The first-order valence-corrected chi connectivity index (χ1v) is 9.46. The summed E-state index contributed by atoms with van der Waals surface area (Å²) in [6.45, 7) is 0.108. The lowest BCUT2D eigenvalue weighted by Gasteiger charge is -2.08. The number of amides is 1. The lowest BCUT2D eigenvalue weighted by molar-refractivity contribution is -0.119. The van der Waals surface area contributed by atoms with Gasteiger partial charge in [0.25, 0.3) is 5.91 Å². The number of fused-ring (bicyclic) bond motifs is 1. The van der Waals surface area contributed by atoms with Gasteiger partial charge in [0.2, 0.25) is 0 Å². The molecular weight excluding hydrogens is 386 g/mol. The van der Waals surface area contributed by atoms with Gasteiger partial charge in [0, 0.05) is 21.7 Å². The third-order valence-corrected chi connectivity index (χ3v) is 4.58. The Labute approximate surface area is 173 Å². The molecule has 0 spiro atoms. The lowest BCUT2D eigenvalue weighted by Crippen LogP contribution is -2.25. The van der Waals surface area contributed by atoms with Crippen LogP contribution >= 0.6 is 11.6 Å². The number of benzene rings is 3. The number of hydrogen-bond donors (Lipinski definition) is 2. The lowest BCUT2D eigenvalue weighted by atomic mass is 10.1. The summed E-state index contributed by atoms with van der Waals surface area (Å²) in [5, 5.41) is 9.92. The molecule has 1 amide bonds. The molecule has 2 N–H and O–H groups in total. The second-order valence-corrected chi connectivity index (χ2v) is 6.82. The Balaban J connectivity index is 1.33. The topological polar surface area (TPSA) is 66.6 Å². The molecule has 144 valence electrons. The molecule has 0 aliphatic carbocycles. The van der Waals surface area contributed by atoms with Gasteiger partial charge in [-0.1, -0.05) is 60.1 Å². The summed E-state index contributed by atoms with van der Waals surface area (Å²) < 4.78 is 5.71. The van der Waals surface area contributed by atoms with E-state index in [1.54, 1.807) is 12.1 Å². The third-order valence-electron chi connectivity index (χ3n) is 4.35. The van der Waals surface area contributed by atoms with Crippen LogP contribution in [0.4, 0.5) is 5.69 Å². The van der Waals surface area contributed by atoms with Gasteiger partial charge in [-0.2, -0.15) is 5.10 Å². The molecule has 0 unspecified atom stereocenters. The second kappa shape index (κ2) is 8.63. The molecular formula is C23H18ClN3O2. The summed E-state index contributed by atoms with van der Waals surface area (Å²) in [5.74, 6) is 0.955. The Kier molecular flexibility index (Phi) is 5.59. The number of nitrogens with zero attached hydrogens (tertiary/aromatic N) is 1. The highest BCUT2D eigenvalue weighted by Crippen LogP contribution is 2.24. The van der Waals surface area contributed by atoms with Crippen molar-refractivity contribution in [1.29, 1.82) is 0 Å². The molecule has 0 atom stereocenters. The molecule has 1 aromatic heterocycles. The van der Waals surface area contributed by atoms with Crippen LogP contribution < -0.4 is 10.7 Å². The minimum atomic E-state index is -0.254. The minimum Gasteiger partial charge on any atom is -0.455 e. The molecule has 4 aromatic rings. The van der Waals surface area contributed by atoms with Crippen molar-refractivity contribution in [3.8, 4) is 11.3 Å². The molecule has 0 aliphatic rings. The number of hydrazone groups is 1. The standard InChI is InChI=1S/C23H18ClN3O2/c24-18-8-3-7-17(13-18)22-12-11-19(29-22)14-26-27-23(28)15-25-21-10-4-6-16-5-1-2-9-20(16)21/h1-14,25H,15H2,(H,27,28). The fraction of sp³-hybridized carbons (Fsp3) is 0.0435. The molecule has 1 heterocycles. The third kappa shape index (κ3) is 4.65. The smallest absolute Gasteiger partial charge is 0.259 e. The van der Waals surface area contributed by atoms with Gasteiger partial charge in [-0.25, -0.2) is 5.43 Å². The number of hydrogen-bond acceptors (Lipinski definition) is 4. The maximum Gasteiger partial charge on any atom is 0.259 e. The van der Waals surface area contributed by atoms with E-state index in [2.05, 4.69) is 15.8 Å². The Hall–Kier alpha value is -3.57. The molecule has 6 heteroatoms. The van der Waals surface area contributed by atoms with Crippen LogP contribution in [0.25, 0.3) is 22.1 Å². The van der Waals surface area contributed by atoms with E-state index in [1.807, 2.05) is 66.7 Å². The maximum absolute atomic E-state index is 12.1. The SMILES string of the molecule is O=C(CNc1cccc2ccccc12)NN=Cc1ccc(-c2cccc(Cl)c2)o1. The van der Waals surface area contributed by atoms with Crippen molar-refractivity contribution in [1.82, 2.24) is 5.43 Å². The average Bonchev–Trinajstić information content (AvgIpc) is 3.21. The molecule has 0 bridgehead atoms. The van der Waals surface area contributed by atoms with Gasteiger partial charge in [-0.05, 0) is 35.7 Å². The van der Waals surface area contributed by atoms with Crippen LogP contribution in [-0.4, -0.2) is 18.7 Å². The Morgan fingerprint density at radius 1 is 1.00 bits per heavy atom. The quantitative estimate of drug-likeness (QED) is 0.338. The van der Waals surface area contributed by atoms with E-state index in [0.717, 1.165) is 22.0 Å². The van der Waals surface area contributed by atoms with E-state index in [-0.39, 0.29) is 12.5 Å². The molecule has 5 nitrogen and oxygen atoms in total. The number of halogens is 1. The first-order valence-electron chi connectivity index (χ1n) is 9.08. The van der Waals surface area contributed by atoms with Crippen LogP contribution in [0.15, 0.2) is 88.4 Å². The maximum atomic E-state index is 12.1. The Morgan fingerprint density at radius 3 is 2.72 bits per heavy atom. The highest BCUT2D eigenvalue weighted by atomic mass is 35.5. The molecule has 4 rings (SSSR count). The number of carbonyl (C=O) groups excluding carboxylic acids is 1. The average molecular weight is 404 g/mol. The molecule has 0 aliphatic heterocycles. The minimum absolute atomic E-state index is 0.108. The first-order chi connectivity index (χ1) is 14.2. The van der Waals surface area contributed by atoms with Crippen LogP contribution in [0.5, 0.6) is 0 Å². The Bertz CT molecular complexity index is 1180. The van der Waals surface area contributed by atoms with Crippen molar-refractivity contribution in [2.24, 2.45) is 5.10 Å². The van der Waals surface area contributed by atoms with Crippen molar-refractivity contribution >= 4 is 40.2 Å². The summed E-state index contributed by atoms with van der Waals surface area (Å²) in [6, 6.07) is 24.9. The van der Waals surface area contributed by atoms with Gasteiger partial charge in [0.05, 0.1) is 12.8 Å². The van der Waals surface area contributed by atoms with Gasteiger partial charge in [0.1, 0.15) is 11.5 Å². The predicted molar refractivity (Wildman–Crippen MR) is 117 cm³/mol. The molecule has 0 radical (unpaired) electrons. The van der Waals surface area contributed by atoms with E-state index in [4.69, 9.17) is 16.0 Å². The summed E-state index contributed by atoms with van der Waals surface area (Å²) in [5.41, 5.74) is 4.27. The van der Waals surface area contributed by atoms with Gasteiger partial charge in [0.15, 0.2) is 0 Å². The van der Waals surface area contributed by atoms with Crippen molar-refractivity contribution in [3.05, 3.63) is 89.6 Å². The number of nitrogens with one attached hydrogen (secondary N) is 2. The highest BCUT2D eigenvalue weighted by Gasteiger charge is 2.05. The van der Waals surface area contributed by atoms with Crippen molar-refractivity contribution in [3.63, 3.8) is 0 Å². The zero-order valence-electron chi connectivity index (χ0n) is 15.4. The van der Waals surface area contributed by atoms with Crippen molar-refractivity contribution in [2.75, 3.05) is 11.9 Å². The number of furan rings is 1. The normalized spacial score (nSPS) is 11.1. The number of carbonyl (C=O) groups is 1. The predicted octanol–water partition coefficient (Wildman–Crippen LogP) is 5.32. The molecule has 29 heavy (non-hydrogen) atoms. The van der Waals surface area contributed by atoms with Gasteiger partial charge < -0.3 is 9.73 Å². The monoisotopic (exact) mass is 403 g/mol. The zero-order valence-corrected chi connectivity index (χ0v) is 16.2. The van der Waals surface area contributed by atoms with Crippen LogP contribution in [0.2, 0.25) is 5.02 Å². The van der Waals surface area contributed by atoms with Crippen LogP contribution in [0.1, 0.15) is 5.76 Å². The summed E-state index contributed by atoms with van der Waals surface area (Å²) in [6.07, 6.45) is 1.46.